The number of hydrogen-bond donors (Lipinski definition) is 1. The third-order valence-electron chi connectivity index (χ3n) is 3.18. The molecule has 0 spiro atoms. The molecule has 1 aromatic carbocycles. The highest BCUT2D eigenvalue weighted by atomic mass is 19.1. The monoisotopic (exact) mass is 296 g/mol. The molecule has 0 saturated heterocycles. The molecule has 0 aliphatic heterocycles. The van der Waals surface area contributed by atoms with E-state index in [-0.39, 0.29) is 12.2 Å². The van der Waals surface area contributed by atoms with Crippen molar-refractivity contribution in [3.8, 4) is 5.75 Å². The van der Waals surface area contributed by atoms with Crippen molar-refractivity contribution in [1.29, 1.82) is 0 Å². The molecule has 0 aliphatic rings. The number of hydrogen-bond acceptors (Lipinski definition) is 3. The number of aliphatic hydroxyl groups is 1. The zero-order chi connectivity index (χ0) is 15.4. The van der Waals surface area contributed by atoms with E-state index in [1.54, 1.807) is 4.68 Å². The lowest BCUT2D eigenvalue weighted by Gasteiger charge is -2.10. The second-order valence-electron chi connectivity index (χ2n) is 4.63. The second-order valence-corrected chi connectivity index (χ2v) is 4.63. The lowest BCUT2D eigenvalue weighted by molar-refractivity contribution is 0.258. The lowest BCUT2D eigenvalue weighted by atomic mass is 10.2. The summed E-state index contributed by atoms with van der Waals surface area (Å²) < 4.78 is 34.5. The fourth-order valence-electron chi connectivity index (χ4n) is 2.07. The Morgan fingerprint density at radius 1 is 1.19 bits per heavy atom. The van der Waals surface area contributed by atoms with Crippen molar-refractivity contribution in [3.63, 3.8) is 0 Å². The number of nitrogens with zero attached hydrogens (tertiary/aromatic N) is 2. The SMILES string of the molecule is CCc1cc(COc2c(F)cc(CO)cc2F)n(CC)n1. The molecule has 6 heteroatoms. The molecular weight excluding hydrogens is 278 g/mol. The van der Waals surface area contributed by atoms with Gasteiger partial charge < -0.3 is 9.84 Å². The van der Waals surface area contributed by atoms with E-state index in [1.807, 2.05) is 19.9 Å². The van der Waals surface area contributed by atoms with Crippen LogP contribution in [-0.2, 0) is 26.2 Å². The number of halogens is 2. The van der Waals surface area contributed by atoms with E-state index in [0.717, 1.165) is 29.9 Å². The molecule has 114 valence electrons. The van der Waals surface area contributed by atoms with E-state index < -0.39 is 24.0 Å². The maximum Gasteiger partial charge on any atom is 0.191 e. The Hall–Kier alpha value is -1.95. The largest absolute Gasteiger partial charge is 0.481 e. The molecule has 1 aromatic heterocycles. The average Bonchev–Trinajstić information content (AvgIpc) is 2.88. The van der Waals surface area contributed by atoms with Gasteiger partial charge in [-0.05, 0) is 37.1 Å². The van der Waals surface area contributed by atoms with Gasteiger partial charge in [-0.3, -0.25) is 4.68 Å². The molecule has 0 aliphatic carbocycles. The Balaban J connectivity index is 2.18. The first-order chi connectivity index (χ1) is 10.1. The van der Waals surface area contributed by atoms with Gasteiger partial charge in [0.15, 0.2) is 17.4 Å². The highest BCUT2D eigenvalue weighted by Crippen LogP contribution is 2.24. The maximum absolute atomic E-state index is 13.8. The van der Waals surface area contributed by atoms with Crippen LogP contribution < -0.4 is 4.74 Å². The van der Waals surface area contributed by atoms with Gasteiger partial charge in [0.05, 0.1) is 18.0 Å². The van der Waals surface area contributed by atoms with Gasteiger partial charge in [0.25, 0.3) is 0 Å². The Bertz CT molecular complexity index is 603. The number of aliphatic hydroxyl groups excluding tert-OH is 1. The Morgan fingerprint density at radius 2 is 1.86 bits per heavy atom. The van der Waals surface area contributed by atoms with Crippen molar-refractivity contribution in [3.05, 3.63) is 46.8 Å². The molecular formula is C15H18F2N2O2. The molecule has 0 bridgehead atoms. The van der Waals surface area contributed by atoms with E-state index >= 15 is 0 Å². The zero-order valence-corrected chi connectivity index (χ0v) is 12.1. The van der Waals surface area contributed by atoms with Gasteiger partial charge in [-0.2, -0.15) is 5.10 Å². The Kier molecular flexibility index (Phi) is 4.90. The minimum absolute atomic E-state index is 0.0349. The van der Waals surface area contributed by atoms with Gasteiger partial charge in [0, 0.05) is 6.54 Å². The van der Waals surface area contributed by atoms with Crippen LogP contribution in [0.25, 0.3) is 0 Å². The first kappa shape index (κ1) is 15.4. The van der Waals surface area contributed by atoms with Crippen molar-refractivity contribution in [2.24, 2.45) is 0 Å². The van der Waals surface area contributed by atoms with Gasteiger partial charge in [-0.1, -0.05) is 6.92 Å². The maximum atomic E-state index is 13.8. The number of aromatic nitrogens is 2. The first-order valence-electron chi connectivity index (χ1n) is 6.86. The molecule has 2 rings (SSSR count). The van der Waals surface area contributed by atoms with Crippen molar-refractivity contribution < 1.29 is 18.6 Å². The van der Waals surface area contributed by atoms with Crippen LogP contribution in [0.1, 0.15) is 30.8 Å². The van der Waals surface area contributed by atoms with Crippen LogP contribution in [0.2, 0.25) is 0 Å². The van der Waals surface area contributed by atoms with Crippen LogP contribution in [0, 0.1) is 11.6 Å². The fraction of sp³-hybridized carbons (Fsp3) is 0.400. The Morgan fingerprint density at radius 3 is 2.38 bits per heavy atom. The van der Waals surface area contributed by atoms with Gasteiger partial charge in [0.2, 0.25) is 0 Å². The smallest absolute Gasteiger partial charge is 0.191 e. The van der Waals surface area contributed by atoms with Crippen LogP contribution in [0.3, 0.4) is 0 Å². The molecule has 4 nitrogen and oxygen atoms in total. The summed E-state index contributed by atoms with van der Waals surface area (Å²) in [7, 11) is 0. The molecule has 21 heavy (non-hydrogen) atoms. The fourth-order valence-corrected chi connectivity index (χ4v) is 2.07. The second kappa shape index (κ2) is 6.67. The summed E-state index contributed by atoms with van der Waals surface area (Å²) in [4.78, 5) is 0. The molecule has 0 atom stereocenters. The summed E-state index contributed by atoms with van der Waals surface area (Å²) in [5.74, 6) is -2.08. The summed E-state index contributed by atoms with van der Waals surface area (Å²) >= 11 is 0. The quantitative estimate of drug-likeness (QED) is 0.891. The van der Waals surface area contributed by atoms with E-state index in [2.05, 4.69) is 5.10 Å². The van der Waals surface area contributed by atoms with E-state index in [4.69, 9.17) is 9.84 Å². The van der Waals surface area contributed by atoms with Crippen LogP contribution in [0.5, 0.6) is 5.75 Å². The average molecular weight is 296 g/mol. The summed E-state index contributed by atoms with van der Waals surface area (Å²) in [5.41, 5.74) is 1.84. The van der Waals surface area contributed by atoms with Crippen LogP contribution in [0.4, 0.5) is 8.78 Å². The molecule has 0 fully saturated rings. The zero-order valence-electron chi connectivity index (χ0n) is 12.1. The van der Waals surface area contributed by atoms with E-state index in [1.165, 1.54) is 0 Å². The molecule has 0 amide bonds. The highest BCUT2D eigenvalue weighted by Gasteiger charge is 2.14. The lowest BCUT2D eigenvalue weighted by Crippen LogP contribution is -2.08. The number of rotatable bonds is 6. The van der Waals surface area contributed by atoms with Crippen LogP contribution in [-0.4, -0.2) is 14.9 Å². The summed E-state index contributed by atoms with van der Waals surface area (Å²) in [6.07, 6.45) is 0.786. The van der Waals surface area contributed by atoms with E-state index in [9.17, 15) is 8.78 Å². The normalized spacial score (nSPS) is 10.9. The molecule has 0 radical (unpaired) electrons. The van der Waals surface area contributed by atoms with Gasteiger partial charge in [-0.25, -0.2) is 8.78 Å². The predicted octanol–water partition coefficient (Wildman–Crippen LogP) is 2.81. The number of ether oxygens (including phenoxy) is 1. The van der Waals surface area contributed by atoms with Gasteiger partial charge in [0.1, 0.15) is 6.61 Å². The first-order valence-corrected chi connectivity index (χ1v) is 6.86. The summed E-state index contributed by atoms with van der Waals surface area (Å²) in [6, 6.07) is 3.99. The van der Waals surface area contributed by atoms with Crippen molar-refractivity contribution >= 4 is 0 Å². The molecule has 1 N–H and O–H groups in total. The number of aryl methyl sites for hydroxylation is 2. The van der Waals surface area contributed by atoms with Crippen LogP contribution >= 0.6 is 0 Å². The molecule has 0 saturated carbocycles. The highest BCUT2D eigenvalue weighted by molar-refractivity contribution is 5.31. The van der Waals surface area contributed by atoms with Gasteiger partial charge in [-0.15, -0.1) is 0 Å². The third kappa shape index (κ3) is 3.39. The van der Waals surface area contributed by atoms with Gasteiger partial charge >= 0.3 is 0 Å². The van der Waals surface area contributed by atoms with Crippen molar-refractivity contribution in [2.45, 2.75) is 40.0 Å². The molecule has 2 aromatic rings. The standard InChI is InChI=1S/C15H18F2N2O2/c1-3-11-7-12(19(4-2)18-11)9-21-15-13(16)5-10(8-20)6-14(15)17/h5-7,20H,3-4,8-9H2,1-2H3. The third-order valence-corrected chi connectivity index (χ3v) is 3.18. The van der Waals surface area contributed by atoms with Crippen molar-refractivity contribution in [1.82, 2.24) is 9.78 Å². The molecule has 1 heterocycles. The summed E-state index contributed by atoms with van der Waals surface area (Å²) in [6.45, 7) is 4.20. The predicted molar refractivity (Wildman–Crippen MR) is 73.9 cm³/mol. The van der Waals surface area contributed by atoms with Crippen molar-refractivity contribution in [2.75, 3.05) is 0 Å². The van der Waals surface area contributed by atoms with Crippen LogP contribution in [0.15, 0.2) is 18.2 Å². The van der Waals surface area contributed by atoms with E-state index in [0.29, 0.717) is 6.54 Å². The summed E-state index contributed by atoms with van der Waals surface area (Å²) in [5, 5.41) is 13.2. The minimum Gasteiger partial charge on any atom is -0.481 e. The number of benzene rings is 1. The molecule has 0 unspecified atom stereocenters. The topological polar surface area (TPSA) is 47.3 Å². The minimum atomic E-state index is -0.822. The Labute approximate surface area is 122 Å².